The Morgan fingerprint density at radius 3 is 2.59 bits per heavy atom. The van der Waals surface area contributed by atoms with Gasteiger partial charge >= 0.3 is 0 Å². The normalized spacial score (nSPS) is 19.6. The van der Waals surface area contributed by atoms with Crippen molar-refractivity contribution in [3.05, 3.63) is 66.8 Å². The molecule has 214 valence electrons. The molecule has 6 rings (SSSR count). The number of hydrogen-bond donors (Lipinski definition) is 2. The van der Waals surface area contributed by atoms with Crippen molar-refractivity contribution in [1.29, 1.82) is 0 Å². The molecule has 0 atom stereocenters. The Balaban J connectivity index is 1.39. The number of aromatic nitrogens is 8. The predicted octanol–water partition coefficient (Wildman–Crippen LogP) is 2.90. The number of para-hydroxylation sites is 1. The molecular formula is C27H31N9O4S. The van der Waals surface area contributed by atoms with Crippen LogP contribution in [0.3, 0.4) is 0 Å². The highest BCUT2D eigenvalue weighted by Gasteiger charge is 2.42. The van der Waals surface area contributed by atoms with E-state index in [0.717, 1.165) is 17.5 Å². The summed E-state index contributed by atoms with van der Waals surface area (Å²) in [6, 6.07) is 9.74. The van der Waals surface area contributed by atoms with Crippen molar-refractivity contribution in [1.82, 2.24) is 39.6 Å². The van der Waals surface area contributed by atoms with Gasteiger partial charge in [-0.1, -0.05) is 18.2 Å². The zero-order valence-corrected chi connectivity index (χ0v) is 23.6. The lowest BCUT2D eigenvalue weighted by Gasteiger charge is -2.38. The number of aromatic amines is 1. The van der Waals surface area contributed by atoms with Gasteiger partial charge in [0.15, 0.2) is 21.3 Å². The molecule has 13 nitrogen and oxygen atoms in total. The largest absolute Gasteiger partial charge is 0.382 e. The Labute approximate surface area is 236 Å². The molecule has 0 radical (unpaired) electrons. The van der Waals surface area contributed by atoms with Crippen LogP contribution in [0.1, 0.15) is 43.1 Å². The van der Waals surface area contributed by atoms with Crippen LogP contribution in [-0.4, -0.2) is 74.6 Å². The summed E-state index contributed by atoms with van der Waals surface area (Å²) in [6.07, 6.45) is 10.3. The van der Waals surface area contributed by atoms with E-state index in [1.165, 1.54) is 10.8 Å². The number of hydrogen-bond acceptors (Lipinski definition) is 10. The van der Waals surface area contributed by atoms with Gasteiger partial charge in [-0.15, -0.1) is 10.2 Å². The zero-order chi connectivity index (χ0) is 28.6. The zero-order valence-electron chi connectivity index (χ0n) is 22.8. The van der Waals surface area contributed by atoms with Gasteiger partial charge in [-0.25, -0.2) is 18.1 Å². The number of nitrogens with zero attached hydrogens (tertiary/aromatic N) is 7. The molecule has 14 heteroatoms. The van der Waals surface area contributed by atoms with E-state index in [1.54, 1.807) is 24.2 Å². The molecule has 1 aliphatic carbocycles. The van der Waals surface area contributed by atoms with Gasteiger partial charge in [0.2, 0.25) is 0 Å². The van der Waals surface area contributed by atoms with E-state index in [4.69, 9.17) is 20.2 Å². The van der Waals surface area contributed by atoms with Crippen LogP contribution >= 0.6 is 0 Å². The molecule has 0 unspecified atom stereocenters. The minimum Gasteiger partial charge on any atom is -0.382 e. The fourth-order valence-corrected chi connectivity index (χ4v) is 6.68. The van der Waals surface area contributed by atoms with Crippen LogP contribution in [0, 0.1) is 0 Å². The standard InChI is InChI=1S/C27H31N9O4S/c1-39-12-13-40-27(26-29-17-30-34-26)10-8-18(9-11-27)22-23(41(2,37)38)24(28)36-25(33-22)21(15-32-36)19-14-31-35(16-19)20-6-4-3-5-7-20/h3-7,14-18H,8-13,28H2,1-2H3,(H,29,30,34)/t18-,27+. The third kappa shape index (κ3) is 4.98. The second-order valence-electron chi connectivity index (χ2n) is 10.2. The first kappa shape index (κ1) is 27.1. The lowest BCUT2D eigenvalue weighted by Crippen LogP contribution is -2.37. The van der Waals surface area contributed by atoms with Crippen LogP contribution in [0.15, 0.2) is 60.1 Å². The Kier molecular flexibility index (Phi) is 7.05. The summed E-state index contributed by atoms with van der Waals surface area (Å²) in [5.74, 6) is 0.508. The molecule has 4 heterocycles. The Hall–Kier alpha value is -4.14. The van der Waals surface area contributed by atoms with Gasteiger partial charge in [0, 0.05) is 36.6 Å². The second kappa shape index (κ2) is 10.7. The maximum atomic E-state index is 13.1. The molecular weight excluding hydrogens is 546 g/mol. The van der Waals surface area contributed by atoms with Crippen molar-refractivity contribution in [2.45, 2.75) is 42.1 Å². The molecule has 5 aromatic rings. The smallest absolute Gasteiger partial charge is 0.180 e. The predicted molar refractivity (Wildman–Crippen MR) is 150 cm³/mol. The summed E-state index contributed by atoms with van der Waals surface area (Å²) in [7, 11) is -2.10. The third-order valence-corrected chi connectivity index (χ3v) is 8.80. The van der Waals surface area contributed by atoms with E-state index in [0.29, 0.717) is 61.6 Å². The van der Waals surface area contributed by atoms with Crippen molar-refractivity contribution in [3.8, 4) is 16.8 Å². The maximum Gasteiger partial charge on any atom is 0.180 e. The Bertz CT molecular complexity index is 1760. The van der Waals surface area contributed by atoms with Crippen molar-refractivity contribution < 1.29 is 17.9 Å². The summed E-state index contributed by atoms with van der Waals surface area (Å²) < 4.78 is 40.7. The maximum absolute atomic E-state index is 13.1. The quantitative estimate of drug-likeness (QED) is 0.249. The summed E-state index contributed by atoms with van der Waals surface area (Å²) in [5, 5.41) is 17.1. The van der Waals surface area contributed by atoms with E-state index < -0.39 is 15.4 Å². The first-order chi connectivity index (χ1) is 19.8. The van der Waals surface area contributed by atoms with Crippen molar-refractivity contribution in [2.24, 2.45) is 0 Å². The topological polar surface area (TPSA) is 168 Å². The Morgan fingerprint density at radius 2 is 1.90 bits per heavy atom. The minimum atomic E-state index is -3.72. The number of fused-ring (bicyclic) bond motifs is 1. The monoisotopic (exact) mass is 577 g/mol. The molecule has 0 saturated heterocycles. The van der Waals surface area contributed by atoms with E-state index >= 15 is 0 Å². The first-order valence-electron chi connectivity index (χ1n) is 13.3. The van der Waals surface area contributed by atoms with Gasteiger partial charge in [-0.05, 0) is 37.8 Å². The highest BCUT2D eigenvalue weighted by atomic mass is 32.2. The summed E-state index contributed by atoms with van der Waals surface area (Å²) in [6.45, 7) is 0.834. The van der Waals surface area contributed by atoms with Crippen LogP contribution in [0.25, 0.3) is 22.5 Å². The van der Waals surface area contributed by atoms with Gasteiger partial charge in [0.1, 0.15) is 22.6 Å². The lowest BCUT2D eigenvalue weighted by molar-refractivity contribution is -0.0977. The molecule has 0 spiro atoms. The van der Waals surface area contributed by atoms with Crippen LogP contribution in [0.5, 0.6) is 0 Å². The highest BCUT2D eigenvalue weighted by Crippen LogP contribution is 2.46. The number of sulfone groups is 1. The van der Waals surface area contributed by atoms with Crippen LogP contribution in [0.4, 0.5) is 5.82 Å². The number of ether oxygens (including phenoxy) is 2. The minimum absolute atomic E-state index is 0.0112. The van der Waals surface area contributed by atoms with E-state index in [2.05, 4.69) is 25.4 Å². The molecule has 0 bridgehead atoms. The van der Waals surface area contributed by atoms with Crippen LogP contribution in [0.2, 0.25) is 0 Å². The number of H-pyrrole nitrogens is 1. The van der Waals surface area contributed by atoms with Crippen LogP contribution < -0.4 is 5.73 Å². The fourth-order valence-electron chi connectivity index (χ4n) is 5.62. The second-order valence-corrected chi connectivity index (χ2v) is 12.2. The average molecular weight is 578 g/mol. The number of benzene rings is 1. The number of anilines is 1. The van der Waals surface area contributed by atoms with Crippen molar-refractivity contribution in [3.63, 3.8) is 0 Å². The molecule has 1 fully saturated rings. The van der Waals surface area contributed by atoms with Gasteiger partial charge < -0.3 is 20.2 Å². The number of nitrogens with two attached hydrogens (primary N) is 1. The highest BCUT2D eigenvalue weighted by molar-refractivity contribution is 7.91. The fraction of sp³-hybridized carbons (Fsp3) is 0.370. The van der Waals surface area contributed by atoms with E-state index in [-0.39, 0.29) is 16.6 Å². The summed E-state index contributed by atoms with van der Waals surface area (Å²) in [4.78, 5) is 8.04. The Morgan fingerprint density at radius 1 is 1.12 bits per heavy atom. The summed E-state index contributed by atoms with van der Waals surface area (Å²) in [5.41, 5.74) is 9.14. The van der Waals surface area contributed by atoms with Crippen LogP contribution in [-0.2, 0) is 24.9 Å². The summed E-state index contributed by atoms with van der Waals surface area (Å²) >= 11 is 0. The first-order valence-corrected chi connectivity index (χ1v) is 15.2. The molecule has 1 aromatic carbocycles. The van der Waals surface area contributed by atoms with Gasteiger partial charge in [0.05, 0.1) is 37.0 Å². The van der Waals surface area contributed by atoms with Crippen molar-refractivity contribution in [2.75, 3.05) is 32.3 Å². The molecule has 3 N–H and O–H groups in total. The van der Waals surface area contributed by atoms with Gasteiger partial charge in [0.25, 0.3) is 0 Å². The third-order valence-electron chi connectivity index (χ3n) is 7.64. The van der Waals surface area contributed by atoms with Gasteiger partial charge in [-0.2, -0.15) is 14.7 Å². The SMILES string of the molecule is COCCO[C@]1(c2nnc[nH]2)CC[C@H](c2nc3c(-c4cnn(-c5ccccc5)c4)cnn3c(N)c2S(C)(=O)=O)CC1. The number of nitrogens with one attached hydrogen (secondary N) is 1. The number of nitrogen functional groups attached to an aromatic ring is 1. The average Bonchev–Trinajstić information content (AvgIpc) is 3.75. The van der Waals surface area contributed by atoms with Gasteiger partial charge in [-0.3, -0.25) is 0 Å². The molecule has 1 saturated carbocycles. The lowest BCUT2D eigenvalue weighted by atomic mass is 9.76. The van der Waals surface area contributed by atoms with E-state index in [1.807, 2.05) is 36.5 Å². The molecule has 1 aliphatic rings. The molecule has 41 heavy (non-hydrogen) atoms. The van der Waals surface area contributed by atoms with Crippen molar-refractivity contribution >= 4 is 21.3 Å². The van der Waals surface area contributed by atoms with E-state index in [9.17, 15) is 8.42 Å². The number of rotatable bonds is 9. The molecule has 4 aromatic heterocycles. The number of methoxy groups -OCH3 is 1. The molecule has 0 amide bonds. The molecule has 0 aliphatic heterocycles.